The molecule has 0 saturated heterocycles. The summed E-state index contributed by atoms with van der Waals surface area (Å²) in [4.78, 5) is 12.4. The molecule has 0 radical (unpaired) electrons. The maximum Gasteiger partial charge on any atom is 0.261 e. The van der Waals surface area contributed by atoms with Crippen molar-refractivity contribution in [2.75, 3.05) is 6.54 Å². The van der Waals surface area contributed by atoms with Crippen LogP contribution in [0.15, 0.2) is 24.3 Å². The molecule has 2 unspecified atom stereocenters. The van der Waals surface area contributed by atoms with Gasteiger partial charge in [-0.3, -0.25) is 4.79 Å². The SMILES string of the molecule is CC(C)CC(C)(CN)NC(=O)C1Cc2ccccc2O1. The van der Waals surface area contributed by atoms with E-state index in [1.54, 1.807) is 0 Å². The third-order valence-corrected chi connectivity index (χ3v) is 3.67. The number of ether oxygens (including phenoxy) is 1. The number of fused-ring (bicyclic) bond motifs is 1. The van der Waals surface area contributed by atoms with E-state index in [0.29, 0.717) is 18.9 Å². The summed E-state index contributed by atoms with van der Waals surface area (Å²) in [6.07, 6.45) is 1.05. The average Bonchev–Trinajstić information content (AvgIpc) is 2.81. The first-order valence-electron chi connectivity index (χ1n) is 7.20. The number of carbonyl (C=O) groups excluding carboxylic acids is 1. The molecule has 0 spiro atoms. The number of carbonyl (C=O) groups is 1. The molecule has 1 aliphatic rings. The minimum atomic E-state index is -0.439. The lowest BCUT2D eigenvalue weighted by Gasteiger charge is -2.32. The largest absolute Gasteiger partial charge is 0.480 e. The van der Waals surface area contributed by atoms with E-state index in [4.69, 9.17) is 10.5 Å². The fourth-order valence-corrected chi connectivity index (χ4v) is 2.79. The zero-order chi connectivity index (χ0) is 14.8. The molecule has 0 aromatic heterocycles. The van der Waals surface area contributed by atoms with Gasteiger partial charge < -0.3 is 15.8 Å². The number of benzene rings is 1. The highest BCUT2D eigenvalue weighted by Crippen LogP contribution is 2.28. The summed E-state index contributed by atoms with van der Waals surface area (Å²) in [6.45, 7) is 6.67. The molecule has 1 aromatic carbocycles. The van der Waals surface area contributed by atoms with Crippen molar-refractivity contribution < 1.29 is 9.53 Å². The van der Waals surface area contributed by atoms with E-state index in [1.165, 1.54) is 0 Å². The van der Waals surface area contributed by atoms with E-state index in [2.05, 4.69) is 19.2 Å². The molecule has 3 N–H and O–H groups in total. The second-order valence-electron chi connectivity index (χ2n) is 6.27. The molecule has 0 aliphatic carbocycles. The van der Waals surface area contributed by atoms with Crippen LogP contribution in [0, 0.1) is 5.92 Å². The van der Waals surface area contributed by atoms with Gasteiger partial charge in [0.15, 0.2) is 6.10 Å². The van der Waals surface area contributed by atoms with Gasteiger partial charge in [-0.2, -0.15) is 0 Å². The van der Waals surface area contributed by atoms with E-state index in [1.807, 2.05) is 31.2 Å². The maximum absolute atomic E-state index is 12.4. The number of amides is 1. The summed E-state index contributed by atoms with van der Waals surface area (Å²) < 4.78 is 5.71. The molecule has 20 heavy (non-hydrogen) atoms. The Hall–Kier alpha value is -1.55. The second-order valence-corrected chi connectivity index (χ2v) is 6.27. The fourth-order valence-electron chi connectivity index (χ4n) is 2.79. The summed E-state index contributed by atoms with van der Waals surface area (Å²) in [5, 5.41) is 3.06. The second kappa shape index (κ2) is 5.83. The molecule has 1 amide bonds. The molecule has 1 aliphatic heterocycles. The van der Waals surface area contributed by atoms with Gasteiger partial charge in [-0.25, -0.2) is 0 Å². The van der Waals surface area contributed by atoms with Crippen molar-refractivity contribution in [1.82, 2.24) is 5.32 Å². The molecule has 0 saturated carbocycles. The highest BCUT2D eigenvalue weighted by molar-refractivity contribution is 5.83. The van der Waals surface area contributed by atoms with Gasteiger partial charge in [-0.05, 0) is 30.9 Å². The van der Waals surface area contributed by atoms with Crippen LogP contribution in [-0.2, 0) is 11.2 Å². The standard InChI is InChI=1S/C16H24N2O2/c1-11(2)9-16(3,10-17)18-15(19)14-8-12-6-4-5-7-13(12)20-14/h4-7,11,14H,8-10,17H2,1-3H3,(H,18,19). The summed E-state index contributed by atoms with van der Waals surface area (Å²) in [7, 11) is 0. The van der Waals surface area contributed by atoms with Crippen molar-refractivity contribution in [3.05, 3.63) is 29.8 Å². The van der Waals surface area contributed by atoms with Crippen LogP contribution in [0.4, 0.5) is 0 Å². The zero-order valence-electron chi connectivity index (χ0n) is 12.5. The Labute approximate surface area is 120 Å². The number of nitrogens with two attached hydrogens (primary N) is 1. The normalized spacial score (nSPS) is 20.1. The van der Waals surface area contributed by atoms with Gasteiger partial charge in [0.05, 0.1) is 0 Å². The molecular weight excluding hydrogens is 252 g/mol. The van der Waals surface area contributed by atoms with Crippen molar-refractivity contribution in [1.29, 1.82) is 0 Å². The van der Waals surface area contributed by atoms with E-state index >= 15 is 0 Å². The summed E-state index contributed by atoms with van der Waals surface area (Å²) >= 11 is 0. The van der Waals surface area contributed by atoms with Crippen molar-refractivity contribution in [2.24, 2.45) is 11.7 Å². The van der Waals surface area contributed by atoms with Crippen molar-refractivity contribution in [2.45, 2.75) is 45.3 Å². The summed E-state index contributed by atoms with van der Waals surface area (Å²) in [5.41, 5.74) is 6.55. The lowest BCUT2D eigenvalue weighted by atomic mass is 9.90. The molecule has 4 nitrogen and oxygen atoms in total. The Kier molecular flexibility index (Phi) is 4.33. The lowest BCUT2D eigenvalue weighted by molar-refractivity contribution is -0.129. The fraction of sp³-hybridized carbons (Fsp3) is 0.562. The van der Waals surface area contributed by atoms with Crippen LogP contribution in [0.25, 0.3) is 0 Å². The van der Waals surface area contributed by atoms with Crippen molar-refractivity contribution in [3.8, 4) is 5.75 Å². The molecule has 4 heteroatoms. The summed E-state index contributed by atoms with van der Waals surface area (Å²) in [5.74, 6) is 1.21. The molecule has 110 valence electrons. The lowest BCUT2D eigenvalue weighted by Crippen LogP contribution is -2.55. The van der Waals surface area contributed by atoms with Gasteiger partial charge in [-0.15, -0.1) is 0 Å². The van der Waals surface area contributed by atoms with Crippen LogP contribution in [0.1, 0.15) is 32.8 Å². The molecule has 0 fully saturated rings. The Balaban J connectivity index is 2.00. The topological polar surface area (TPSA) is 64.3 Å². The van der Waals surface area contributed by atoms with Crippen LogP contribution in [-0.4, -0.2) is 24.1 Å². The van der Waals surface area contributed by atoms with Gasteiger partial charge in [0.2, 0.25) is 0 Å². The van der Waals surface area contributed by atoms with E-state index in [0.717, 1.165) is 17.7 Å². The molecule has 2 rings (SSSR count). The Morgan fingerprint density at radius 2 is 2.20 bits per heavy atom. The Morgan fingerprint density at radius 3 is 2.80 bits per heavy atom. The van der Waals surface area contributed by atoms with Crippen molar-refractivity contribution in [3.63, 3.8) is 0 Å². The zero-order valence-corrected chi connectivity index (χ0v) is 12.5. The number of rotatable bonds is 5. The quantitative estimate of drug-likeness (QED) is 0.863. The first-order valence-corrected chi connectivity index (χ1v) is 7.20. The van der Waals surface area contributed by atoms with Gasteiger partial charge in [0.1, 0.15) is 5.75 Å². The average molecular weight is 276 g/mol. The van der Waals surface area contributed by atoms with Gasteiger partial charge >= 0.3 is 0 Å². The van der Waals surface area contributed by atoms with Crippen LogP contribution >= 0.6 is 0 Å². The van der Waals surface area contributed by atoms with Gasteiger partial charge in [0, 0.05) is 18.5 Å². The predicted molar refractivity (Wildman–Crippen MR) is 79.6 cm³/mol. The molecule has 0 bridgehead atoms. The first kappa shape index (κ1) is 14.9. The van der Waals surface area contributed by atoms with Crippen molar-refractivity contribution >= 4 is 5.91 Å². The van der Waals surface area contributed by atoms with Gasteiger partial charge in [-0.1, -0.05) is 32.0 Å². The number of nitrogens with one attached hydrogen (secondary N) is 1. The number of hydrogen-bond acceptors (Lipinski definition) is 3. The monoisotopic (exact) mass is 276 g/mol. The Morgan fingerprint density at radius 1 is 1.50 bits per heavy atom. The van der Waals surface area contributed by atoms with E-state index in [9.17, 15) is 4.79 Å². The number of para-hydroxylation sites is 1. The highest BCUT2D eigenvalue weighted by atomic mass is 16.5. The van der Waals surface area contributed by atoms with E-state index < -0.39 is 6.10 Å². The van der Waals surface area contributed by atoms with Gasteiger partial charge in [0.25, 0.3) is 5.91 Å². The van der Waals surface area contributed by atoms with Crippen LogP contribution in [0.2, 0.25) is 0 Å². The third-order valence-electron chi connectivity index (χ3n) is 3.67. The minimum Gasteiger partial charge on any atom is -0.480 e. The molecule has 2 atom stereocenters. The smallest absolute Gasteiger partial charge is 0.261 e. The van der Waals surface area contributed by atoms with E-state index in [-0.39, 0.29) is 11.4 Å². The molecule has 1 heterocycles. The Bertz CT molecular complexity index is 462. The molecular formula is C16H24N2O2. The van der Waals surface area contributed by atoms with Crippen LogP contribution < -0.4 is 15.8 Å². The summed E-state index contributed by atoms with van der Waals surface area (Å²) in [6, 6.07) is 7.78. The maximum atomic E-state index is 12.4. The minimum absolute atomic E-state index is 0.0743. The number of hydrogen-bond donors (Lipinski definition) is 2. The van der Waals surface area contributed by atoms with Crippen LogP contribution in [0.3, 0.4) is 0 Å². The first-order chi connectivity index (χ1) is 9.43. The highest BCUT2D eigenvalue weighted by Gasteiger charge is 2.33. The molecule has 1 aromatic rings. The third kappa shape index (κ3) is 3.31. The van der Waals surface area contributed by atoms with Crippen LogP contribution in [0.5, 0.6) is 5.75 Å². The predicted octanol–water partition coefficient (Wildman–Crippen LogP) is 1.87.